The monoisotopic (exact) mass is 309 g/mol. The van der Waals surface area contributed by atoms with Gasteiger partial charge in [0.25, 0.3) is 0 Å². The minimum Gasteiger partial charge on any atom is -0.478 e. The lowest BCUT2D eigenvalue weighted by Gasteiger charge is -2.25. The zero-order chi connectivity index (χ0) is 16.4. The molecular formula is C19H19NO3. The molecule has 1 aliphatic rings. The largest absolute Gasteiger partial charge is 0.478 e. The molecule has 3 rings (SSSR count). The number of aromatic carboxylic acids is 1. The summed E-state index contributed by atoms with van der Waals surface area (Å²) in [6.07, 6.45) is 1.94. The second-order valence-corrected chi connectivity index (χ2v) is 6.41. The molecule has 0 bridgehead atoms. The van der Waals surface area contributed by atoms with Crippen molar-refractivity contribution in [3.63, 3.8) is 0 Å². The zero-order valence-corrected chi connectivity index (χ0v) is 13.0. The molecule has 1 aliphatic carbocycles. The first-order chi connectivity index (χ1) is 11.0. The average Bonchev–Trinajstić information content (AvgIpc) is 2.82. The summed E-state index contributed by atoms with van der Waals surface area (Å²) in [5.74, 6) is -0.999. The molecule has 0 aliphatic heterocycles. The van der Waals surface area contributed by atoms with Crippen LogP contribution in [0.4, 0.5) is 0 Å². The van der Waals surface area contributed by atoms with Crippen molar-refractivity contribution in [3.8, 4) is 0 Å². The number of carbonyl (C=O) groups excluding carboxylic acids is 1. The summed E-state index contributed by atoms with van der Waals surface area (Å²) in [4.78, 5) is 23.2. The van der Waals surface area contributed by atoms with Gasteiger partial charge in [0, 0.05) is 5.54 Å². The third-order valence-electron chi connectivity index (χ3n) is 4.29. The van der Waals surface area contributed by atoms with Crippen LogP contribution >= 0.6 is 0 Å². The summed E-state index contributed by atoms with van der Waals surface area (Å²) in [6.45, 7) is 2.07. The Balaban J connectivity index is 1.63. The van der Waals surface area contributed by atoms with Gasteiger partial charge >= 0.3 is 5.97 Å². The van der Waals surface area contributed by atoms with Crippen LogP contribution in [0.1, 0.15) is 34.0 Å². The summed E-state index contributed by atoms with van der Waals surface area (Å²) >= 11 is 0. The Hall–Kier alpha value is -2.62. The molecule has 2 aromatic carbocycles. The number of rotatable bonds is 4. The van der Waals surface area contributed by atoms with Crippen molar-refractivity contribution in [1.29, 1.82) is 0 Å². The molecule has 0 spiro atoms. The van der Waals surface area contributed by atoms with Crippen LogP contribution < -0.4 is 5.32 Å². The Morgan fingerprint density at radius 3 is 2.13 bits per heavy atom. The molecule has 2 aromatic rings. The highest BCUT2D eigenvalue weighted by atomic mass is 16.4. The van der Waals surface area contributed by atoms with Crippen LogP contribution in [-0.4, -0.2) is 22.5 Å². The molecule has 118 valence electrons. The highest BCUT2D eigenvalue weighted by molar-refractivity contribution is 5.87. The van der Waals surface area contributed by atoms with Gasteiger partial charge < -0.3 is 10.4 Å². The van der Waals surface area contributed by atoms with Gasteiger partial charge in [0.05, 0.1) is 12.0 Å². The fourth-order valence-corrected chi connectivity index (χ4v) is 3.23. The lowest BCUT2D eigenvalue weighted by atomic mass is 9.98. The predicted molar refractivity (Wildman–Crippen MR) is 87.5 cm³/mol. The fourth-order valence-electron chi connectivity index (χ4n) is 3.23. The van der Waals surface area contributed by atoms with E-state index in [-0.39, 0.29) is 23.4 Å². The van der Waals surface area contributed by atoms with Crippen molar-refractivity contribution in [2.45, 2.75) is 31.7 Å². The second kappa shape index (κ2) is 5.88. The van der Waals surface area contributed by atoms with Gasteiger partial charge in [-0.25, -0.2) is 4.79 Å². The van der Waals surface area contributed by atoms with Crippen LogP contribution in [0.5, 0.6) is 0 Å². The number of benzene rings is 2. The molecule has 0 radical (unpaired) electrons. The van der Waals surface area contributed by atoms with Gasteiger partial charge in [0.2, 0.25) is 5.91 Å². The standard InChI is InChI=1S/C19H19NO3/c1-19(11-15-4-2-3-5-16(15)12-19)20-17(21)10-13-6-8-14(9-7-13)18(22)23/h2-9H,10-12H2,1H3,(H,20,21)(H,22,23). The second-order valence-electron chi connectivity index (χ2n) is 6.41. The zero-order valence-electron chi connectivity index (χ0n) is 13.0. The van der Waals surface area contributed by atoms with E-state index in [1.54, 1.807) is 12.1 Å². The van der Waals surface area contributed by atoms with Crippen LogP contribution in [0.2, 0.25) is 0 Å². The number of fused-ring (bicyclic) bond motifs is 1. The Morgan fingerprint density at radius 1 is 1.04 bits per heavy atom. The SMILES string of the molecule is CC1(NC(=O)Cc2ccc(C(=O)O)cc2)Cc2ccccc2C1. The maximum absolute atomic E-state index is 12.3. The van der Waals surface area contributed by atoms with E-state index < -0.39 is 5.97 Å². The van der Waals surface area contributed by atoms with E-state index >= 15 is 0 Å². The predicted octanol–water partition coefficient (Wildman–Crippen LogP) is 2.60. The highest BCUT2D eigenvalue weighted by Gasteiger charge is 2.33. The minimum absolute atomic E-state index is 0.0385. The van der Waals surface area contributed by atoms with E-state index in [0.29, 0.717) is 0 Å². The van der Waals surface area contributed by atoms with Crippen molar-refractivity contribution in [2.24, 2.45) is 0 Å². The number of hydrogen-bond donors (Lipinski definition) is 2. The molecule has 0 unspecified atom stereocenters. The lowest BCUT2D eigenvalue weighted by Crippen LogP contribution is -2.47. The minimum atomic E-state index is -0.961. The number of carboxylic acid groups (broad SMARTS) is 1. The molecule has 0 fully saturated rings. The molecule has 0 saturated heterocycles. The van der Waals surface area contributed by atoms with E-state index in [9.17, 15) is 9.59 Å². The number of carbonyl (C=O) groups is 2. The Labute approximate surface area is 135 Å². The molecule has 2 N–H and O–H groups in total. The molecular weight excluding hydrogens is 290 g/mol. The lowest BCUT2D eigenvalue weighted by molar-refractivity contribution is -0.122. The van der Waals surface area contributed by atoms with Crippen LogP contribution in [-0.2, 0) is 24.1 Å². The van der Waals surface area contributed by atoms with E-state index in [1.807, 2.05) is 12.1 Å². The van der Waals surface area contributed by atoms with E-state index in [0.717, 1.165) is 18.4 Å². The molecule has 23 heavy (non-hydrogen) atoms. The topological polar surface area (TPSA) is 66.4 Å². The number of amides is 1. The molecule has 4 heteroatoms. The summed E-state index contributed by atoms with van der Waals surface area (Å²) in [7, 11) is 0. The van der Waals surface area contributed by atoms with Gasteiger partial charge in [-0.15, -0.1) is 0 Å². The van der Waals surface area contributed by atoms with Crippen molar-refractivity contribution in [2.75, 3.05) is 0 Å². The third-order valence-corrected chi connectivity index (χ3v) is 4.29. The first kappa shape index (κ1) is 15.3. The highest BCUT2D eigenvalue weighted by Crippen LogP contribution is 2.29. The number of hydrogen-bond acceptors (Lipinski definition) is 2. The van der Waals surface area contributed by atoms with Gasteiger partial charge in [-0.1, -0.05) is 36.4 Å². The van der Waals surface area contributed by atoms with Crippen molar-refractivity contribution >= 4 is 11.9 Å². The van der Waals surface area contributed by atoms with Crippen LogP contribution in [0.15, 0.2) is 48.5 Å². The Morgan fingerprint density at radius 2 is 1.61 bits per heavy atom. The third kappa shape index (κ3) is 3.42. The van der Waals surface area contributed by atoms with Gasteiger partial charge in [-0.05, 0) is 48.6 Å². The quantitative estimate of drug-likeness (QED) is 0.912. The van der Waals surface area contributed by atoms with Crippen LogP contribution in [0.3, 0.4) is 0 Å². The van der Waals surface area contributed by atoms with Crippen molar-refractivity contribution in [1.82, 2.24) is 5.32 Å². The Bertz CT molecular complexity index is 724. The van der Waals surface area contributed by atoms with Gasteiger partial charge in [-0.3, -0.25) is 4.79 Å². The molecule has 0 aromatic heterocycles. The summed E-state index contributed by atoms with van der Waals surface area (Å²) < 4.78 is 0. The molecule has 0 atom stereocenters. The van der Waals surface area contributed by atoms with E-state index in [4.69, 9.17) is 5.11 Å². The first-order valence-electron chi connectivity index (χ1n) is 7.65. The molecule has 0 saturated carbocycles. The normalized spacial score (nSPS) is 15.0. The summed E-state index contributed by atoms with van der Waals surface area (Å²) in [5.41, 5.74) is 3.38. The number of carboxylic acids is 1. The summed E-state index contributed by atoms with van der Waals surface area (Å²) in [6, 6.07) is 14.7. The maximum atomic E-state index is 12.3. The maximum Gasteiger partial charge on any atom is 0.335 e. The van der Waals surface area contributed by atoms with E-state index in [2.05, 4.69) is 24.4 Å². The molecule has 1 amide bonds. The van der Waals surface area contributed by atoms with Gasteiger partial charge in [0.1, 0.15) is 0 Å². The smallest absolute Gasteiger partial charge is 0.335 e. The van der Waals surface area contributed by atoms with Crippen LogP contribution in [0, 0.1) is 0 Å². The molecule has 0 heterocycles. The van der Waals surface area contributed by atoms with Gasteiger partial charge in [0.15, 0.2) is 0 Å². The van der Waals surface area contributed by atoms with E-state index in [1.165, 1.54) is 23.3 Å². The fraction of sp³-hybridized carbons (Fsp3) is 0.263. The van der Waals surface area contributed by atoms with Crippen molar-refractivity contribution in [3.05, 3.63) is 70.8 Å². The Kier molecular flexibility index (Phi) is 3.90. The van der Waals surface area contributed by atoms with Gasteiger partial charge in [-0.2, -0.15) is 0 Å². The average molecular weight is 309 g/mol. The van der Waals surface area contributed by atoms with Crippen molar-refractivity contribution < 1.29 is 14.7 Å². The number of nitrogens with one attached hydrogen (secondary N) is 1. The summed E-state index contributed by atoms with van der Waals surface area (Å²) in [5, 5.41) is 12.0. The van der Waals surface area contributed by atoms with Crippen LogP contribution in [0.25, 0.3) is 0 Å². The first-order valence-corrected chi connectivity index (χ1v) is 7.65. The molecule has 4 nitrogen and oxygen atoms in total.